The van der Waals surface area contributed by atoms with E-state index < -0.39 is 0 Å². The number of hydrogen-bond acceptors (Lipinski definition) is 6. The highest BCUT2D eigenvalue weighted by Gasteiger charge is 2.19. The molecule has 0 amide bonds. The molecule has 1 aliphatic carbocycles. The minimum absolute atomic E-state index is 0.507. The number of anilines is 1. The van der Waals surface area contributed by atoms with Crippen LogP contribution in [0.5, 0.6) is 0 Å². The zero-order chi connectivity index (χ0) is 13.5. The van der Waals surface area contributed by atoms with Crippen LogP contribution in [0.15, 0.2) is 10.9 Å². The van der Waals surface area contributed by atoms with Crippen LogP contribution in [0.3, 0.4) is 0 Å². The van der Waals surface area contributed by atoms with Crippen LogP contribution in [0.4, 0.5) is 5.82 Å². The van der Waals surface area contributed by atoms with Gasteiger partial charge in [0.2, 0.25) is 0 Å². The predicted octanol–water partition coefficient (Wildman–Crippen LogP) is 1.75. The number of rotatable bonds is 3. The van der Waals surface area contributed by atoms with Gasteiger partial charge in [-0.15, -0.1) is 0 Å². The second kappa shape index (κ2) is 4.29. The zero-order valence-corrected chi connectivity index (χ0v) is 11.1. The van der Waals surface area contributed by atoms with Crippen molar-refractivity contribution in [1.29, 1.82) is 0 Å². The van der Waals surface area contributed by atoms with Crippen LogP contribution in [0.25, 0.3) is 11.1 Å². The van der Waals surface area contributed by atoms with Gasteiger partial charge in [0, 0.05) is 5.69 Å². The lowest BCUT2D eigenvalue weighted by Gasteiger charge is -2.05. The van der Waals surface area contributed by atoms with Gasteiger partial charge in [0.05, 0.1) is 17.9 Å². The largest absolute Gasteiger partial charge is 0.364 e. The smallest absolute Gasteiger partial charge is 0.263 e. The van der Waals surface area contributed by atoms with Crippen molar-refractivity contribution >= 4 is 16.9 Å². The minimum Gasteiger partial charge on any atom is -0.364 e. The van der Waals surface area contributed by atoms with Gasteiger partial charge in [-0.25, -0.2) is 4.98 Å². The van der Waals surface area contributed by atoms with E-state index in [1.165, 1.54) is 24.0 Å². The topological polar surface area (TPSA) is 92.5 Å². The van der Waals surface area contributed by atoms with E-state index >= 15 is 0 Å². The molecular weight excluding hydrogens is 256 g/mol. The van der Waals surface area contributed by atoms with Gasteiger partial charge in [0.25, 0.3) is 5.71 Å². The number of aromatic amines is 1. The van der Waals surface area contributed by atoms with Crippen molar-refractivity contribution in [1.82, 2.24) is 25.3 Å². The van der Waals surface area contributed by atoms with E-state index in [9.17, 15) is 0 Å². The summed E-state index contributed by atoms with van der Waals surface area (Å²) >= 11 is 0. The number of fused-ring (bicyclic) bond motifs is 2. The van der Waals surface area contributed by atoms with Crippen molar-refractivity contribution in [3.63, 3.8) is 0 Å². The first-order valence-electron chi connectivity index (χ1n) is 6.69. The summed E-state index contributed by atoms with van der Waals surface area (Å²) in [7, 11) is 0. The van der Waals surface area contributed by atoms with E-state index in [0.717, 1.165) is 35.4 Å². The fraction of sp³-hybridized carbons (Fsp3) is 0.385. The molecule has 3 heterocycles. The SMILES string of the molecule is Cc1noc2ncnc(NCc3n[nH]c4c3CCC4)c12. The molecule has 4 rings (SSSR count). The highest BCUT2D eigenvalue weighted by Crippen LogP contribution is 2.25. The van der Waals surface area contributed by atoms with Gasteiger partial charge in [0.1, 0.15) is 17.5 Å². The van der Waals surface area contributed by atoms with Gasteiger partial charge in [-0.3, -0.25) is 5.10 Å². The lowest BCUT2D eigenvalue weighted by molar-refractivity contribution is 0.442. The monoisotopic (exact) mass is 270 g/mol. The fourth-order valence-electron chi connectivity index (χ4n) is 2.76. The van der Waals surface area contributed by atoms with Crippen LogP contribution < -0.4 is 5.32 Å². The normalized spacial score (nSPS) is 13.8. The summed E-state index contributed by atoms with van der Waals surface area (Å²) in [6, 6.07) is 0. The number of H-pyrrole nitrogens is 1. The molecule has 102 valence electrons. The molecule has 0 spiro atoms. The third-order valence-corrected chi connectivity index (χ3v) is 3.76. The summed E-state index contributed by atoms with van der Waals surface area (Å²) < 4.78 is 5.14. The lowest BCUT2D eigenvalue weighted by atomic mass is 10.2. The third-order valence-electron chi connectivity index (χ3n) is 3.76. The third kappa shape index (κ3) is 1.66. The van der Waals surface area contributed by atoms with Crippen molar-refractivity contribution in [3.05, 3.63) is 29.0 Å². The van der Waals surface area contributed by atoms with Crippen LogP contribution in [0, 0.1) is 6.92 Å². The highest BCUT2D eigenvalue weighted by atomic mass is 16.5. The Morgan fingerprint density at radius 1 is 1.35 bits per heavy atom. The zero-order valence-electron chi connectivity index (χ0n) is 11.1. The average Bonchev–Trinajstić information content (AvgIpc) is 3.13. The number of aromatic nitrogens is 5. The average molecular weight is 270 g/mol. The van der Waals surface area contributed by atoms with Crippen LogP contribution in [-0.2, 0) is 19.4 Å². The molecule has 0 saturated carbocycles. The van der Waals surface area contributed by atoms with E-state index in [0.29, 0.717) is 12.3 Å². The van der Waals surface area contributed by atoms with Gasteiger partial charge < -0.3 is 9.84 Å². The molecular formula is C13H14N6O. The van der Waals surface area contributed by atoms with Crippen LogP contribution >= 0.6 is 0 Å². The summed E-state index contributed by atoms with van der Waals surface area (Å²) in [5.74, 6) is 0.739. The maximum atomic E-state index is 5.14. The Labute approximate surface area is 114 Å². The molecule has 2 N–H and O–H groups in total. The molecule has 0 radical (unpaired) electrons. The summed E-state index contributed by atoms with van der Waals surface area (Å²) in [4.78, 5) is 8.34. The summed E-state index contributed by atoms with van der Waals surface area (Å²) in [5, 5.41) is 15.6. The van der Waals surface area contributed by atoms with Crippen LogP contribution in [0.2, 0.25) is 0 Å². The molecule has 20 heavy (non-hydrogen) atoms. The van der Waals surface area contributed by atoms with Crippen LogP contribution in [0.1, 0.15) is 29.1 Å². The molecule has 7 heteroatoms. The molecule has 0 atom stereocenters. The van der Waals surface area contributed by atoms with Crippen LogP contribution in [-0.4, -0.2) is 25.3 Å². The molecule has 1 aliphatic rings. The first-order valence-corrected chi connectivity index (χ1v) is 6.69. The lowest BCUT2D eigenvalue weighted by Crippen LogP contribution is -2.04. The minimum atomic E-state index is 0.507. The maximum Gasteiger partial charge on any atom is 0.263 e. The Bertz CT molecular complexity index is 774. The molecule has 0 aliphatic heterocycles. The van der Waals surface area contributed by atoms with E-state index in [1.807, 2.05) is 6.92 Å². The van der Waals surface area contributed by atoms with Crippen molar-refractivity contribution in [2.24, 2.45) is 0 Å². The van der Waals surface area contributed by atoms with Crippen molar-refractivity contribution < 1.29 is 4.52 Å². The summed E-state index contributed by atoms with van der Waals surface area (Å²) in [5.41, 5.74) is 4.99. The van der Waals surface area contributed by atoms with Crippen molar-refractivity contribution in [3.8, 4) is 0 Å². The Hall–Kier alpha value is -2.44. The van der Waals surface area contributed by atoms with Crippen molar-refractivity contribution in [2.45, 2.75) is 32.7 Å². The van der Waals surface area contributed by atoms with E-state index in [-0.39, 0.29) is 0 Å². The molecule has 0 aromatic carbocycles. The van der Waals surface area contributed by atoms with Gasteiger partial charge in [-0.1, -0.05) is 5.16 Å². The highest BCUT2D eigenvalue weighted by molar-refractivity contribution is 5.87. The molecule has 3 aromatic heterocycles. The molecule has 0 saturated heterocycles. The number of nitrogens with zero attached hydrogens (tertiary/aromatic N) is 4. The Balaban J connectivity index is 1.63. The molecule has 0 unspecified atom stereocenters. The first kappa shape index (κ1) is 11.4. The number of hydrogen-bond donors (Lipinski definition) is 2. The molecule has 0 bridgehead atoms. The summed E-state index contributed by atoms with van der Waals surface area (Å²) in [6.07, 6.45) is 4.89. The standard InChI is InChI=1S/C13H14N6O/c1-7-11-12(15-6-16-13(11)20-19-7)14-5-10-8-3-2-4-9(8)17-18-10/h6H,2-5H2,1H3,(H,17,18)(H,14,15,16). The summed E-state index contributed by atoms with van der Waals surface area (Å²) in [6.45, 7) is 2.52. The van der Waals surface area contributed by atoms with E-state index in [1.54, 1.807) is 0 Å². The van der Waals surface area contributed by atoms with E-state index in [2.05, 4.69) is 30.6 Å². The molecule has 0 fully saturated rings. The first-order chi connectivity index (χ1) is 9.83. The van der Waals surface area contributed by atoms with Gasteiger partial charge in [-0.05, 0) is 31.7 Å². The fourth-order valence-corrected chi connectivity index (χ4v) is 2.76. The van der Waals surface area contributed by atoms with Gasteiger partial charge >= 0.3 is 0 Å². The molecule has 7 nitrogen and oxygen atoms in total. The Morgan fingerprint density at radius 2 is 2.30 bits per heavy atom. The Morgan fingerprint density at radius 3 is 3.25 bits per heavy atom. The quantitative estimate of drug-likeness (QED) is 0.753. The van der Waals surface area contributed by atoms with Crippen molar-refractivity contribution in [2.75, 3.05) is 5.32 Å². The maximum absolute atomic E-state index is 5.14. The number of nitrogens with one attached hydrogen (secondary N) is 2. The molecule has 3 aromatic rings. The second-order valence-corrected chi connectivity index (χ2v) is 5.00. The second-order valence-electron chi connectivity index (χ2n) is 5.00. The number of aryl methyl sites for hydroxylation is 2. The van der Waals surface area contributed by atoms with Gasteiger partial charge in [0.15, 0.2) is 0 Å². The predicted molar refractivity (Wildman–Crippen MR) is 72.3 cm³/mol. The van der Waals surface area contributed by atoms with E-state index in [4.69, 9.17) is 4.52 Å². The Kier molecular flexibility index (Phi) is 2.45. The van der Waals surface area contributed by atoms with Gasteiger partial charge in [-0.2, -0.15) is 10.1 Å².